The molecule has 0 spiro atoms. The van der Waals surface area contributed by atoms with Gasteiger partial charge in [-0.05, 0) is 13.0 Å². The van der Waals surface area contributed by atoms with Crippen LogP contribution >= 0.6 is 23.4 Å². The molecular weight excluding hydrogens is 256 g/mol. The normalized spacial score (nSPS) is 20.4. The highest BCUT2D eigenvalue weighted by Crippen LogP contribution is 2.30. The molecule has 0 radical (unpaired) electrons. The van der Waals surface area contributed by atoms with Gasteiger partial charge in [0, 0.05) is 35.9 Å². The zero-order chi connectivity index (χ0) is 12.4. The van der Waals surface area contributed by atoms with E-state index in [0.717, 1.165) is 23.9 Å². The van der Waals surface area contributed by atoms with Crippen LogP contribution in [0.4, 0.5) is 5.82 Å². The molecule has 2 heterocycles. The molecule has 1 atom stereocenters. The van der Waals surface area contributed by atoms with Crippen molar-refractivity contribution in [1.82, 2.24) is 4.98 Å². The molecule has 0 aromatic carbocycles. The minimum absolute atomic E-state index is 0.0160. The first-order valence-electron chi connectivity index (χ1n) is 5.44. The Morgan fingerprint density at radius 3 is 3.12 bits per heavy atom. The third-order valence-electron chi connectivity index (χ3n) is 2.80. The summed E-state index contributed by atoms with van der Waals surface area (Å²) < 4.78 is 0. The van der Waals surface area contributed by atoms with E-state index in [2.05, 4.69) is 16.8 Å². The summed E-state index contributed by atoms with van der Waals surface area (Å²) in [5.41, 5.74) is 6.05. The lowest BCUT2D eigenvalue weighted by Gasteiger charge is -2.34. The van der Waals surface area contributed by atoms with Crippen LogP contribution in [0.2, 0.25) is 5.02 Å². The van der Waals surface area contributed by atoms with Crippen molar-refractivity contribution in [3.05, 3.63) is 22.8 Å². The molecule has 4 nitrogen and oxygen atoms in total. The number of pyridine rings is 1. The highest BCUT2D eigenvalue weighted by atomic mass is 35.5. The highest BCUT2D eigenvalue weighted by Gasteiger charge is 2.23. The monoisotopic (exact) mass is 270 g/mol. The van der Waals surface area contributed by atoms with Gasteiger partial charge >= 0.3 is 0 Å². The number of aromatic nitrogens is 1. The summed E-state index contributed by atoms with van der Waals surface area (Å²) in [6.45, 7) is 3.09. The van der Waals surface area contributed by atoms with Gasteiger partial charge in [0.15, 0.2) is 0 Å². The Morgan fingerprint density at radius 1 is 1.71 bits per heavy atom. The molecule has 1 aliphatic heterocycles. The lowest BCUT2D eigenvalue weighted by Crippen LogP contribution is -2.41. The van der Waals surface area contributed by atoms with Crippen LogP contribution in [0.25, 0.3) is 0 Å². The molecular formula is C11H15ClN4S. The molecule has 1 aromatic rings. The van der Waals surface area contributed by atoms with Crippen molar-refractivity contribution >= 4 is 35.0 Å². The quantitative estimate of drug-likeness (QED) is 0.637. The molecule has 2 rings (SSSR count). The molecule has 1 unspecified atom stereocenters. The number of nitrogens with two attached hydrogens (primary N) is 1. The second-order valence-electron chi connectivity index (χ2n) is 4.03. The maximum absolute atomic E-state index is 7.48. The predicted octanol–water partition coefficient (Wildman–Crippen LogP) is 1.96. The number of halogens is 1. The Kier molecular flexibility index (Phi) is 3.79. The first-order chi connectivity index (χ1) is 8.11. The Bertz CT molecular complexity index is 437. The van der Waals surface area contributed by atoms with E-state index in [1.54, 1.807) is 12.3 Å². The summed E-state index contributed by atoms with van der Waals surface area (Å²) in [5, 5.41) is 7.96. The van der Waals surface area contributed by atoms with E-state index < -0.39 is 0 Å². The van der Waals surface area contributed by atoms with E-state index in [-0.39, 0.29) is 5.84 Å². The van der Waals surface area contributed by atoms with Crippen LogP contribution in [0.1, 0.15) is 12.5 Å². The molecule has 1 saturated heterocycles. The summed E-state index contributed by atoms with van der Waals surface area (Å²) in [5.74, 6) is 2.87. The van der Waals surface area contributed by atoms with Crippen molar-refractivity contribution in [3.63, 3.8) is 0 Å². The molecule has 0 amide bonds. The van der Waals surface area contributed by atoms with Crippen molar-refractivity contribution in [2.45, 2.75) is 13.0 Å². The fourth-order valence-electron chi connectivity index (χ4n) is 1.88. The van der Waals surface area contributed by atoms with Crippen molar-refractivity contribution in [1.29, 1.82) is 5.41 Å². The van der Waals surface area contributed by atoms with E-state index >= 15 is 0 Å². The van der Waals surface area contributed by atoms with E-state index in [9.17, 15) is 0 Å². The smallest absolute Gasteiger partial charge is 0.148 e. The summed E-state index contributed by atoms with van der Waals surface area (Å²) in [6.07, 6.45) is 1.66. The van der Waals surface area contributed by atoms with Crippen molar-refractivity contribution in [2.24, 2.45) is 5.73 Å². The van der Waals surface area contributed by atoms with Crippen molar-refractivity contribution in [2.75, 3.05) is 23.0 Å². The average molecular weight is 271 g/mol. The molecule has 92 valence electrons. The second kappa shape index (κ2) is 5.14. The van der Waals surface area contributed by atoms with Gasteiger partial charge in [0.25, 0.3) is 0 Å². The van der Waals surface area contributed by atoms with E-state index in [4.69, 9.17) is 22.7 Å². The van der Waals surface area contributed by atoms with Crippen molar-refractivity contribution in [3.8, 4) is 0 Å². The number of rotatable bonds is 2. The van der Waals surface area contributed by atoms with E-state index in [1.807, 2.05) is 11.8 Å². The zero-order valence-corrected chi connectivity index (χ0v) is 11.2. The van der Waals surface area contributed by atoms with Crippen LogP contribution in [-0.4, -0.2) is 34.9 Å². The number of nitrogen functional groups attached to an aromatic ring is 1. The van der Waals surface area contributed by atoms with Crippen LogP contribution in [0.15, 0.2) is 12.3 Å². The topological polar surface area (TPSA) is 66.0 Å². The SMILES string of the molecule is CC1CSCCN1c1nccc(C(=N)N)c1Cl. The molecule has 3 N–H and O–H groups in total. The third-order valence-corrected chi connectivity index (χ3v) is 4.36. The lowest BCUT2D eigenvalue weighted by atomic mass is 10.2. The number of thioether (sulfide) groups is 1. The van der Waals surface area contributed by atoms with E-state index in [1.165, 1.54) is 0 Å². The summed E-state index contributed by atoms with van der Waals surface area (Å²) in [6, 6.07) is 2.08. The minimum Gasteiger partial charge on any atom is -0.384 e. The Balaban J connectivity index is 2.38. The molecule has 1 aliphatic rings. The predicted molar refractivity (Wildman–Crippen MR) is 74.4 cm³/mol. The Morgan fingerprint density at radius 2 is 2.47 bits per heavy atom. The van der Waals surface area contributed by atoms with Gasteiger partial charge in [0.05, 0.1) is 5.02 Å². The standard InChI is InChI=1S/C11H15ClN4S/c1-7-6-17-5-4-16(7)11-9(12)8(10(13)14)2-3-15-11/h2-3,7H,4-6H2,1H3,(H3,13,14). The second-order valence-corrected chi connectivity index (χ2v) is 5.55. The fourth-order valence-corrected chi connectivity index (χ4v) is 3.22. The van der Waals surface area contributed by atoms with Gasteiger partial charge in [-0.25, -0.2) is 4.98 Å². The molecule has 1 aromatic heterocycles. The summed E-state index contributed by atoms with van der Waals surface area (Å²) in [4.78, 5) is 6.51. The van der Waals surface area contributed by atoms with Crippen molar-refractivity contribution < 1.29 is 0 Å². The van der Waals surface area contributed by atoms with Gasteiger partial charge in [-0.15, -0.1) is 0 Å². The highest BCUT2D eigenvalue weighted by molar-refractivity contribution is 7.99. The lowest BCUT2D eigenvalue weighted by molar-refractivity contribution is 0.690. The largest absolute Gasteiger partial charge is 0.384 e. The van der Waals surface area contributed by atoms with Gasteiger partial charge in [-0.3, -0.25) is 5.41 Å². The van der Waals surface area contributed by atoms with Gasteiger partial charge in [-0.1, -0.05) is 11.6 Å². The molecule has 0 aliphatic carbocycles. The number of nitrogens with one attached hydrogen (secondary N) is 1. The number of hydrogen-bond donors (Lipinski definition) is 2. The molecule has 6 heteroatoms. The van der Waals surface area contributed by atoms with Crippen LogP contribution in [0.5, 0.6) is 0 Å². The summed E-state index contributed by atoms with van der Waals surface area (Å²) in [7, 11) is 0. The van der Waals surface area contributed by atoms with Crippen LogP contribution in [-0.2, 0) is 0 Å². The average Bonchev–Trinajstić information content (AvgIpc) is 2.30. The number of nitrogens with zero attached hydrogens (tertiary/aromatic N) is 2. The van der Waals surface area contributed by atoms with Crippen LogP contribution in [0.3, 0.4) is 0 Å². The maximum atomic E-state index is 7.48. The molecule has 0 bridgehead atoms. The maximum Gasteiger partial charge on any atom is 0.148 e. The summed E-state index contributed by atoms with van der Waals surface area (Å²) >= 11 is 8.21. The Hall–Kier alpha value is -0.940. The van der Waals surface area contributed by atoms with Gasteiger partial charge in [0.1, 0.15) is 11.7 Å². The molecule has 0 saturated carbocycles. The number of anilines is 1. The van der Waals surface area contributed by atoms with Crippen LogP contribution < -0.4 is 10.6 Å². The minimum atomic E-state index is -0.0160. The first-order valence-corrected chi connectivity index (χ1v) is 6.98. The van der Waals surface area contributed by atoms with E-state index in [0.29, 0.717) is 16.6 Å². The fraction of sp³-hybridized carbons (Fsp3) is 0.455. The first kappa shape index (κ1) is 12.5. The molecule has 1 fully saturated rings. The third kappa shape index (κ3) is 2.50. The van der Waals surface area contributed by atoms with Gasteiger partial charge in [0.2, 0.25) is 0 Å². The van der Waals surface area contributed by atoms with Gasteiger partial charge < -0.3 is 10.6 Å². The van der Waals surface area contributed by atoms with Gasteiger partial charge in [-0.2, -0.15) is 11.8 Å². The number of amidine groups is 1. The Labute approximate surface area is 110 Å². The zero-order valence-electron chi connectivity index (χ0n) is 9.61. The van der Waals surface area contributed by atoms with Crippen LogP contribution in [0, 0.1) is 5.41 Å². The number of hydrogen-bond acceptors (Lipinski definition) is 4. The molecule has 17 heavy (non-hydrogen) atoms.